The highest BCUT2D eigenvalue weighted by Gasteiger charge is 2.26. The number of hydroxylamine groups is 2. The number of hydrogen-bond acceptors (Lipinski definition) is 3. The van der Waals surface area contributed by atoms with E-state index < -0.39 is 0 Å². The average Bonchev–Trinajstić information content (AvgIpc) is 2.61. The summed E-state index contributed by atoms with van der Waals surface area (Å²) in [5.74, 6) is 0. The molecule has 1 aliphatic heterocycles. The minimum absolute atomic E-state index is 0.0291. The second-order valence-corrected chi connectivity index (χ2v) is 3.75. The monoisotopic (exact) mass is 214 g/mol. The Bertz CT molecular complexity index is 307. The summed E-state index contributed by atoms with van der Waals surface area (Å²) in [7, 11) is 7.11. The van der Waals surface area contributed by atoms with Crippen LogP contribution in [-0.4, -0.2) is 79.2 Å². The average molecular weight is 214 g/mol. The van der Waals surface area contributed by atoms with Gasteiger partial charge in [-0.15, -0.1) is 4.58 Å². The van der Waals surface area contributed by atoms with Crippen molar-refractivity contribution in [3.05, 3.63) is 0 Å². The molecule has 0 saturated carbocycles. The quantitative estimate of drug-likeness (QED) is 0.458. The lowest BCUT2D eigenvalue weighted by Gasteiger charge is -2.07. The third kappa shape index (κ3) is 3.41. The van der Waals surface area contributed by atoms with E-state index in [1.807, 2.05) is 24.9 Å². The smallest absolute Gasteiger partial charge is 0.234 e. The van der Waals surface area contributed by atoms with Crippen molar-refractivity contribution in [3.8, 4) is 0 Å². The Morgan fingerprint density at radius 2 is 2.00 bits per heavy atom. The summed E-state index contributed by atoms with van der Waals surface area (Å²) in [4.78, 5) is 18.4. The molecule has 84 valence electrons. The fraction of sp³-hybridized carbons (Fsp3) is 0.667. The zero-order chi connectivity index (χ0) is 11.4. The first kappa shape index (κ1) is 11.8. The van der Waals surface area contributed by atoms with E-state index in [1.54, 1.807) is 34.8 Å². The SMILES string of the molecule is CN(C)OC[N+]1=CC=[N+](C(=O)N(C)C)C1. The first-order valence-electron chi connectivity index (χ1n) is 4.71. The van der Waals surface area contributed by atoms with Gasteiger partial charge >= 0.3 is 6.03 Å². The molecule has 6 heteroatoms. The highest BCUT2D eigenvalue weighted by molar-refractivity contribution is 6.12. The molecule has 0 spiro atoms. The molecule has 0 radical (unpaired) electrons. The van der Waals surface area contributed by atoms with Crippen LogP contribution < -0.4 is 0 Å². The fourth-order valence-corrected chi connectivity index (χ4v) is 1.12. The van der Waals surface area contributed by atoms with Gasteiger partial charge in [-0.25, -0.2) is 9.74 Å². The number of amides is 2. The van der Waals surface area contributed by atoms with Crippen LogP contribution >= 0.6 is 0 Å². The Morgan fingerprint density at radius 1 is 1.33 bits per heavy atom. The van der Waals surface area contributed by atoms with Gasteiger partial charge in [0.15, 0.2) is 6.21 Å². The maximum Gasteiger partial charge on any atom is 0.498 e. The summed E-state index contributed by atoms with van der Waals surface area (Å²) in [6.45, 7) is 0.978. The first-order chi connectivity index (χ1) is 7.00. The number of urea groups is 1. The van der Waals surface area contributed by atoms with Crippen LogP contribution in [0.4, 0.5) is 4.79 Å². The summed E-state index contributed by atoms with van der Waals surface area (Å²) >= 11 is 0. The van der Waals surface area contributed by atoms with Crippen LogP contribution in [0.2, 0.25) is 0 Å². The lowest BCUT2D eigenvalue weighted by atomic mass is 10.7. The van der Waals surface area contributed by atoms with Gasteiger partial charge in [0.05, 0.1) is 14.1 Å². The molecule has 0 aromatic heterocycles. The molecule has 2 amide bonds. The van der Waals surface area contributed by atoms with E-state index in [0.717, 1.165) is 0 Å². The predicted molar refractivity (Wildman–Crippen MR) is 56.2 cm³/mol. The molecule has 1 rings (SSSR count). The van der Waals surface area contributed by atoms with Crippen LogP contribution in [0.5, 0.6) is 0 Å². The molecule has 0 N–H and O–H groups in total. The van der Waals surface area contributed by atoms with Crippen molar-refractivity contribution in [2.24, 2.45) is 0 Å². The van der Waals surface area contributed by atoms with Crippen LogP contribution in [0.15, 0.2) is 0 Å². The topological polar surface area (TPSA) is 38.8 Å². The van der Waals surface area contributed by atoms with E-state index in [0.29, 0.717) is 13.4 Å². The largest absolute Gasteiger partial charge is 0.498 e. The number of carbonyl (C=O) groups is 1. The molecule has 6 nitrogen and oxygen atoms in total. The van der Waals surface area contributed by atoms with Crippen molar-refractivity contribution >= 4 is 18.5 Å². The number of rotatable bonds is 3. The first-order valence-corrected chi connectivity index (χ1v) is 4.71. The molecule has 0 atom stereocenters. The van der Waals surface area contributed by atoms with Crippen molar-refractivity contribution in [2.45, 2.75) is 0 Å². The molecule has 0 saturated heterocycles. The summed E-state index contributed by atoms with van der Waals surface area (Å²) in [5.41, 5.74) is 0. The number of hydrogen-bond donors (Lipinski definition) is 0. The maximum absolute atomic E-state index is 11.6. The summed E-state index contributed by atoms with van der Waals surface area (Å²) < 4.78 is 3.53. The lowest BCUT2D eigenvalue weighted by Crippen LogP contribution is -2.34. The van der Waals surface area contributed by atoms with E-state index in [9.17, 15) is 4.79 Å². The molecule has 0 fully saturated rings. The minimum Gasteiger partial charge on any atom is -0.234 e. The maximum atomic E-state index is 11.6. The predicted octanol–water partition coefficient (Wildman–Crippen LogP) is -0.744. The minimum atomic E-state index is -0.0291. The van der Waals surface area contributed by atoms with Crippen molar-refractivity contribution in [3.63, 3.8) is 0 Å². The van der Waals surface area contributed by atoms with E-state index in [1.165, 1.54) is 0 Å². The highest BCUT2D eigenvalue weighted by atomic mass is 16.7. The van der Waals surface area contributed by atoms with Gasteiger partial charge in [0.25, 0.3) is 13.4 Å². The normalized spacial score (nSPS) is 15.3. The third-order valence-electron chi connectivity index (χ3n) is 1.90. The van der Waals surface area contributed by atoms with Gasteiger partial charge < -0.3 is 0 Å². The zero-order valence-electron chi connectivity index (χ0n) is 9.67. The van der Waals surface area contributed by atoms with Gasteiger partial charge in [0, 0.05) is 14.1 Å². The highest BCUT2D eigenvalue weighted by Crippen LogP contribution is 1.92. The Morgan fingerprint density at radius 3 is 2.53 bits per heavy atom. The summed E-state index contributed by atoms with van der Waals surface area (Å²) in [5, 5.41) is 1.63. The molecular weight excluding hydrogens is 196 g/mol. The lowest BCUT2D eigenvalue weighted by molar-refractivity contribution is -0.698. The van der Waals surface area contributed by atoms with Crippen LogP contribution in [0, 0.1) is 0 Å². The number of carbonyl (C=O) groups excluding carboxylic acids is 1. The van der Waals surface area contributed by atoms with Gasteiger partial charge in [0.1, 0.15) is 0 Å². The van der Waals surface area contributed by atoms with E-state index >= 15 is 0 Å². The summed E-state index contributed by atoms with van der Waals surface area (Å²) in [6, 6.07) is -0.0291. The van der Waals surface area contributed by atoms with Crippen LogP contribution in [0.3, 0.4) is 0 Å². The van der Waals surface area contributed by atoms with Crippen molar-refractivity contribution in [1.82, 2.24) is 9.96 Å². The Kier molecular flexibility index (Phi) is 3.93. The van der Waals surface area contributed by atoms with Gasteiger partial charge in [-0.05, 0) is 0 Å². The molecule has 1 aliphatic rings. The van der Waals surface area contributed by atoms with Gasteiger partial charge in [0.2, 0.25) is 6.21 Å². The standard InChI is InChI=1S/C9H18N4O2/c1-10(2)9(14)13-6-5-12(7-13)8-15-11(3)4/h5-6H,7-8H2,1-4H3/q+2. The Balaban J connectivity index is 2.39. The van der Waals surface area contributed by atoms with E-state index in [-0.39, 0.29) is 6.03 Å². The second kappa shape index (κ2) is 4.99. The third-order valence-corrected chi connectivity index (χ3v) is 1.90. The van der Waals surface area contributed by atoms with E-state index in [2.05, 4.69) is 0 Å². The zero-order valence-corrected chi connectivity index (χ0v) is 9.67. The van der Waals surface area contributed by atoms with Crippen molar-refractivity contribution in [2.75, 3.05) is 41.6 Å². The molecular formula is C9H18N4O2+2. The second-order valence-electron chi connectivity index (χ2n) is 3.75. The van der Waals surface area contributed by atoms with Crippen molar-refractivity contribution < 1.29 is 18.8 Å². The van der Waals surface area contributed by atoms with Gasteiger partial charge in [-0.1, -0.05) is 0 Å². The van der Waals surface area contributed by atoms with Crippen LogP contribution in [0.25, 0.3) is 0 Å². The molecule has 0 aromatic rings. The van der Waals surface area contributed by atoms with Crippen LogP contribution in [0.1, 0.15) is 0 Å². The molecule has 0 aromatic carbocycles. The Hall–Kier alpha value is -1.27. The van der Waals surface area contributed by atoms with Crippen LogP contribution in [-0.2, 0) is 4.84 Å². The van der Waals surface area contributed by atoms with Crippen molar-refractivity contribution in [1.29, 1.82) is 0 Å². The molecule has 0 unspecified atom stereocenters. The Labute approximate surface area is 89.6 Å². The summed E-state index contributed by atoms with van der Waals surface area (Å²) in [6.07, 6.45) is 3.59. The fourth-order valence-electron chi connectivity index (χ4n) is 1.12. The molecule has 0 aliphatic carbocycles. The van der Waals surface area contributed by atoms with Gasteiger partial charge in [-0.2, -0.15) is 14.4 Å². The molecule has 1 heterocycles. The molecule has 0 bridgehead atoms. The van der Waals surface area contributed by atoms with E-state index in [4.69, 9.17) is 4.84 Å². The number of nitrogens with zero attached hydrogens (tertiary/aromatic N) is 4. The molecule has 15 heavy (non-hydrogen) atoms. The van der Waals surface area contributed by atoms with Gasteiger partial charge in [-0.3, -0.25) is 0 Å².